The van der Waals surface area contributed by atoms with Gasteiger partial charge in [0.25, 0.3) is 0 Å². The van der Waals surface area contributed by atoms with Crippen LogP contribution in [0.4, 0.5) is 22.7 Å². The summed E-state index contributed by atoms with van der Waals surface area (Å²) in [5.74, 6) is 1.61. The number of anilines is 4. The summed E-state index contributed by atoms with van der Waals surface area (Å²) in [7, 11) is 0. The summed E-state index contributed by atoms with van der Waals surface area (Å²) in [4.78, 5) is 9.77. The van der Waals surface area contributed by atoms with E-state index < -0.39 is 0 Å². The number of hydrogen-bond donors (Lipinski definition) is 0. The van der Waals surface area contributed by atoms with Gasteiger partial charge in [0.2, 0.25) is 0 Å². The normalized spacial score (nSPS) is 14.8. The third kappa shape index (κ3) is 6.46. The van der Waals surface area contributed by atoms with Crippen LogP contribution in [0.5, 0.6) is 11.5 Å². The van der Waals surface area contributed by atoms with Gasteiger partial charge >= 0.3 is 0 Å². The minimum Gasteiger partial charge on any atom is -0.457 e. The van der Waals surface area contributed by atoms with Gasteiger partial charge in [-0.2, -0.15) is 0 Å². The molecule has 0 saturated carbocycles. The highest BCUT2D eigenvalue weighted by atomic mass is 16.5. The van der Waals surface area contributed by atoms with E-state index in [-0.39, 0.29) is 16.7 Å². The van der Waals surface area contributed by atoms with Crippen LogP contribution in [0, 0.1) is 0 Å². The highest BCUT2D eigenvalue weighted by Gasteiger charge is 2.33. The lowest BCUT2D eigenvalue weighted by atomic mass is 9.84. The molecule has 0 fully saturated rings. The first-order chi connectivity index (χ1) is 26.5. The molecule has 1 atom stereocenters. The average Bonchev–Trinajstić information content (AvgIpc) is 3.74. The molecule has 0 spiro atoms. The fourth-order valence-electron chi connectivity index (χ4n) is 8.15. The van der Waals surface area contributed by atoms with Gasteiger partial charge in [-0.1, -0.05) is 120 Å². The molecule has 272 valence electrons. The third-order valence-corrected chi connectivity index (χ3v) is 11.2. The molecule has 0 N–H and O–H groups in total. The predicted molar refractivity (Wildman–Crippen MR) is 228 cm³/mol. The van der Waals surface area contributed by atoms with E-state index in [9.17, 15) is 0 Å². The van der Waals surface area contributed by atoms with Crippen molar-refractivity contribution in [2.75, 3.05) is 16.5 Å². The number of para-hydroxylation sites is 2. The maximum atomic E-state index is 6.75. The van der Waals surface area contributed by atoms with Crippen LogP contribution >= 0.6 is 0 Å². The van der Waals surface area contributed by atoms with Gasteiger partial charge in [0.15, 0.2) is 0 Å². The highest BCUT2D eigenvalue weighted by Crippen LogP contribution is 2.51. The molecule has 0 radical (unpaired) electrons. The minimum absolute atomic E-state index is 0.00382. The lowest BCUT2D eigenvalue weighted by molar-refractivity contribution is 0.482. The summed E-state index contributed by atoms with van der Waals surface area (Å²) in [6.45, 7) is 14.3. The molecule has 0 saturated heterocycles. The first kappa shape index (κ1) is 34.6. The van der Waals surface area contributed by atoms with Gasteiger partial charge in [-0.15, -0.1) is 0 Å². The molecule has 1 aromatic heterocycles. The minimum atomic E-state index is -0.00382. The van der Waals surface area contributed by atoms with Gasteiger partial charge in [-0.05, 0) is 122 Å². The van der Waals surface area contributed by atoms with Crippen molar-refractivity contribution in [3.63, 3.8) is 0 Å². The second kappa shape index (κ2) is 13.3. The Balaban J connectivity index is 1.06. The molecular formula is C51H47N3O. The molecular weight excluding hydrogens is 671 g/mol. The van der Waals surface area contributed by atoms with Gasteiger partial charge in [0.1, 0.15) is 18.2 Å². The number of ether oxygens (including phenoxy) is 1. The molecule has 6 aromatic carbocycles. The maximum absolute atomic E-state index is 6.75. The number of fused-ring (bicyclic) bond motifs is 4. The van der Waals surface area contributed by atoms with Crippen molar-refractivity contribution in [3.05, 3.63) is 186 Å². The van der Waals surface area contributed by atoms with Crippen molar-refractivity contribution in [2.45, 2.75) is 58.3 Å². The van der Waals surface area contributed by atoms with E-state index >= 15 is 0 Å². The fourth-order valence-corrected chi connectivity index (χ4v) is 8.15. The number of hydrogen-bond acceptors (Lipinski definition) is 4. The Hall–Kier alpha value is -6.13. The number of pyridine rings is 1. The molecule has 1 unspecified atom stereocenters. The monoisotopic (exact) mass is 717 g/mol. The lowest BCUT2D eigenvalue weighted by Gasteiger charge is -2.25. The van der Waals surface area contributed by atoms with E-state index in [4.69, 9.17) is 9.72 Å². The molecule has 7 aromatic rings. The second-order valence-electron chi connectivity index (χ2n) is 17.0. The van der Waals surface area contributed by atoms with Crippen LogP contribution < -0.4 is 14.5 Å². The Morgan fingerprint density at radius 3 is 1.89 bits per heavy atom. The first-order valence-electron chi connectivity index (χ1n) is 19.3. The first-order valence-corrected chi connectivity index (χ1v) is 19.3. The van der Waals surface area contributed by atoms with E-state index in [0.29, 0.717) is 6.67 Å². The van der Waals surface area contributed by atoms with Crippen LogP contribution in [-0.4, -0.2) is 11.7 Å². The molecule has 2 heterocycles. The Bertz CT molecular complexity index is 2540. The zero-order valence-electron chi connectivity index (χ0n) is 32.5. The average molecular weight is 718 g/mol. The quantitative estimate of drug-likeness (QED) is 0.171. The smallest absolute Gasteiger partial charge is 0.129 e. The fraction of sp³-hybridized carbons (Fsp3) is 0.196. The summed E-state index contributed by atoms with van der Waals surface area (Å²) in [5.41, 5.74) is 15.8. The molecule has 55 heavy (non-hydrogen) atoms. The molecule has 0 amide bonds. The molecule has 9 rings (SSSR count). The number of benzene rings is 6. The van der Waals surface area contributed by atoms with Crippen molar-refractivity contribution in [2.24, 2.45) is 0 Å². The second-order valence-corrected chi connectivity index (χ2v) is 17.0. The number of rotatable bonds is 6. The topological polar surface area (TPSA) is 28.6 Å². The maximum Gasteiger partial charge on any atom is 0.129 e. The predicted octanol–water partition coefficient (Wildman–Crippen LogP) is 13.5. The zero-order chi connectivity index (χ0) is 37.9. The Labute approximate surface area is 325 Å². The van der Waals surface area contributed by atoms with E-state index in [1.54, 1.807) is 0 Å². The van der Waals surface area contributed by atoms with Crippen molar-refractivity contribution < 1.29 is 4.74 Å². The zero-order valence-corrected chi connectivity index (χ0v) is 32.5. The van der Waals surface area contributed by atoms with E-state index in [2.05, 4.69) is 203 Å². The summed E-state index contributed by atoms with van der Waals surface area (Å²) in [5, 5.41) is 0. The molecule has 4 heteroatoms. The van der Waals surface area contributed by atoms with E-state index in [0.717, 1.165) is 22.9 Å². The standard InChI is InChI=1S/C51H47N3O/c1-50(2,3)36-16-12-17-38(29-36)53-33-54(48-21-11-10-20-47(48)53)39-18-13-19-40(31-39)55-41-23-25-42-44-28-35(34-14-8-7-9-15-34)22-24-43(44)49(45(42)32-41)46-30-37(26-27-52-46)51(4,5)6/h7-32,49H,33H2,1-6H3. The lowest BCUT2D eigenvalue weighted by Crippen LogP contribution is -2.24. The van der Waals surface area contributed by atoms with Crippen molar-refractivity contribution in [1.82, 2.24) is 4.98 Å². The van der Waals surface area contributed by atoms with E-state index in [1.165, 1.54) is 61.6 Å². The van der Waals surface area contributed by atoms with Gasteiger partial charge < -0.3 is 14.5 Å². The van der Waals surface area contributed by atoms with Gasteiger partial charge in [0, 0.05) is 23.6 Å². The Kier molecular flexibility index (Phi) is 8.38. The third-order valence-electron chi connectivity index (χ3n) is 11.2. The summed E-state index contributed by atoms with van der Waals surface area (Å²) >= 11 is 0. The number of aromatic nitrogens is 1. The molecule has 2 aliphatic rings. The molecule has 4 nitrogen and oxygen atoms in total. The largest absolute Gasteiger partial charge is 0.457 e. The van der Waals surface area contributed by atoms with Crippen LogP contribution in [0.15, 0.2) is 158 Å². The summed E-state index contributed by atoms with van der Waals surface area (Å²) in [6, 6.07) is 54.6. The van der Waals surface area contributed by atoms with Gasteiger partial charge in [-0.25, -0.2) is 0 Å². The molecule has 1 aliphatic heterocycles. The van der Waals surface area contributed by atoms with Gasteiger partial charge in [-0.3, -0.25) is 4.98 Å². The summed E-state index contributed by atoms with van der Waals surface area (Å²) < 4.78 is 6.75. The van der Waals surface area contributed by atoms with Crippen molar-refractivity contribution >= 4 is 22.7 Å². The molecule has 0 bridgehead atoms. The van der Waals surface area contributed by atoms with Gasteiger partial charge in [0.05, 0.1) is 23.0 Å². The van der Waals surface area contributed by atoms with Crippen LogP contribution in [0.2, 0.25) is 0 Å². The SMILES string of the molecule is CC(C)(C)c1cccc(N2CN(c3cccc(Oc4ccc5c(c4)C(c4cc(C(C)(C)C)ccn4)c4ccc(-c6ccccc6)cc4-5)c3)c3ccccc32)c1. The molecule has 1 aliphatic carbocycles. The van der Waals surface area contributed by atoms with Crippen LogP contribution in [0.25, 0.3) is 22.3 Å². The summed E-state index contributed by atoms with van der Waals surface area (Å²) in [6.07, 6.45) is 1.97. The van der Waals surface area contributed by atoms with Crippen LogP contribution in [0.3, 0.4) is 0 Å². The van der Waals surface area contributed by atoms with E-state index in [1.807, 2.05) is 6.20 Å². The number of nitrogens with zero attached hydrogens (tertiary/aromatic N) is 3. The Morgan fingerprint density at radius 2 is 1.16 bits per heavy atom. The Morgan fingerprint density at radius 1 is 0.509 bits per heavy atom. The van der Waals surface area contributed by atoms with Crippen LogP contribution in [0.1, 0.15) is 75.4 Å². The van der Waals surface area contributed by atoms with Crippen molar-refractivity contribution in [1.29, 1.82) is 0 Å². The van der Waals surface area contributed by atoms with Crippen LogP contribution in [-0.2, 0) is 10.8 Å². The highest BCUT2D eigenvalue weighted by molar-refractivity contribution is 5.88. The van der Waals surface area contributed by atoms with Crippen molar-refractivity contribution in [3.8, 4) is 33.8 Å².